The van der Waals surface area contributed by atoms with Gasteiger partial charge in [-0.15, -0.1) is 0 Å². The summed E-state index contributed by atoms with van der Waals surface area (Å²) < 4.78 is 12.5. The van der Waals surface area contributed by atoms with E-state index in [4.69, 9.17) is 21.1 Å². The Morgan fingerprint density at radius 1 is 1.06 bits per heavy atom. The van der Waals surface area contributed by atoms with Crippen LogP contribution in [0.15, 0.2) is 84.0 Å². The zero-order chi connectivity index (χ0) is 23.2. The molecule has 166 valence electrons. The molecule has 4 rings (SSSR count). The Balaban J connectivity index is 1.48. The van der Waals surface area contributed by atoms with E-state index in [-0.39, 0.29) is 5.91 Å². The fourth-order valence-electron chi connectivity index (χ4n) is 3.38. The quantitative estimate of drug-likeness (QED) is 0.158. The molecule has 0 atom stereocenters. The van der Waals surface area contributed by atoms with Gasteiger partial charge in [-0.2, -0.15) is 5.10 Å². The minimum atomic E-state index is -0.294. The van der Waals surface area contributed by atoms with E-state index >= 15 is 0 Å². The zero-order valence-corrected chi connectivity index (χ0v) is 20.6. The minimum absolute atomic E-state index is 0.294. The fraction of sp³-hybridized carbons (Fsp3) is 0.0769. The van der Waals surface area contributed by atoms with Crippen LogP contribution in [0.2, 0.25) is 5.02 Å². The van der Waals surface area contributed by atoms with Crippen LogP contribution >= 0.6 is 34.2 Å². The first-order valence-electron chi connectivity index (χ1n) is 10.1. The minimum Gasteiger partial charge on any atom is -0.493 e. The number of benzene rings is 4. The van der Waals surface area contributed by atoms with Crippen LogP contribution < -0.4 is 14.9 Å². The largest absolute Gasteiger partial charge is 0.493 e. The molecule has 0 heterocycles. The van der Waals surface area contributed by atoms with E-state index in [2.05, 4.69) is 51.3 Å². The van der Waals surface area contributed by atoms with E-state index in [1.165, 1.54) is 6.21 Å². The lowest BCUT2D eigenvalue weighted by Gasteiger charge is -2.14. The van der Waals surface area contributed by atoms with Crippen LogP contribution in [0.25, 0.3) is 10.8 Å². The van der Waals surface area contributed by atoms with Crippen molar-refractivity contribution in [2.75, 3.05) is 7.11 Å². The van der Waals surface area contributed by atoms with Crippen LogP contribution in [0, 0.1) is 3.57 Å². The Morgan fingerprint density at radius 3 is 2.67 bits per heavy atom. The standard InChI is InChI=1S/C26H20ClIN2O3/c1-32-24-13-17(15-29-30-26(31)19-8-5-10-21(28)14-19)12-23(27)25(24)33-16-20-9-4-7-18-6-2-3-11-22(18)20/h2-15H,16H2,1H3,(H,30,31)/b29-15-. The van der Waals surface area contributed by atoms with Gasteiger partial charge in [-0.3, -0.25) is 4.79 Å². The third kappa shape index (κ3) is 5.64. The topological polar surface area (TPSA) is 59.9 Å². The van der Waals surface area contributed by atoms with Crippen molar-refractivity contribution in [2.24, 2.45) is 5.10 Å². The molecule has 7 heteroatoms. The number of hydrogen-bond donors (Lipinski definition) is 1. The van der Waals surface area contributed by atoms with Crippen LogP contribution in [0.5, 0.6) is 11.5 Å². The molecule has 0 aliphatic heterocycles. The SMILES string of the molecule is COc1cc(/C=N\NC(=O)c2cccc(I)c2)cc(Cl)c1OCc1cccc2ccccc12. The van der Waals surface area contributed by atoms with Gasteiger partial charge in [-0.25, -0.2) is 5.43 Å². The molecule has 1 N–H and O–H groups in total. The van der Waals surface area contributed by atoms with Crippen LogP contribution in [-0.2, 0) is 6.61 Å². The van der Waals surface area contributed by atoms with E-state index < -0.39 is 0 Å². The molecule has 33 heavy (non-hydrogen) atoms. The predicted octanol–water partition coefficient (Wildman–Crippen LogP) is 6.45. The normalized spacial score (nSPS) is 11.0. The first kappa shape index (κ1) is 23.1. The summed E-state index contributed by atoms with van der Waals surface area (Å²) in [7, 11) is 1.55. The highest BCUT2D eigenvalue weighted by atomic mass is 127. The maximum Gasteiger partial charge on any atom is 0.271 e. The van der Waals surface area contributed by atoms with Gasteiger partial charge in [-0.1, -0.05) is 60.1 Å². The van der Waals surface area contributed by atoms with Gasteiger partial charge < -0.3 is 9.47 Å². The highest BCUT2D eigenvalue weighted by molar-refractivity contribution is 14.1. The molecule has 0 unspecified atom stereocenters. The predicted molar refractivity (Wildman–Crippen MR) is 141 cm³/mol. The highest BCUT2D eigenvalue weighted by Crippen LogP contribution is 2.37. The first-order valence-corrected chi connectivity index (χ1v) is 11.6. The Labute approximate surface area is 210 Å². The molecule has 0 saturated heterocycles. The van der Waals surface area contributed by atoms with Gasteiger partial charge in [-0.05, 0) is 74.8 Å². The van der Waals surface area contributed by atoms with Crippen molar-refractivity contribution in [3.8, 4) is 11.5 Å². The number of nitrogens with one attached hydrogen (secondary N) is 1. The lowest BCUT2D eigenvalue weighted by atomic mass is 10.1. The Morgan fingerprint density at radius 2 is 1.85 bits per heavy atom. The molecule has 0 saturated carbocycles. The smallest absolute Gasteiger partial charge is 0.271 e. The molecular weight excluding hydrogens is 551 g/mol. The Kier molecular flexibility index (Phi) is 7.47. The summed E-state index contributed by atoms with van der Waals surface area (Å²) in [6.45, 7) is 0.344. The molecular formula is C26H20ClIN2O3. The lowest BCUT2D eigenvalue weighted by Crippen LogP contribution is -2.17. The van der Waals surface area contributed by atoms with Crippen molar-refractivity contribution in [1.29, 1.82) is 0 Å². The monoisotopic (exact) mass is 570 g/mol. The van der Waals surface area contributed by atoms with Crippen molar-refractivity contribution < 1.29 is 14.3 Å². The summed E-state index contributed by atoms with van der Waals surface area (Å²) in [6.07, 6.45) is 1.51. The van der Waals surface area contributed by atoms with Gasteiger partial charge in [0.25, 0.3) is 5.91 Å². The van der Waals surface area contributed by atoms with E-state index in [1.54, 1.807) is 31.4 Å². The molecule has 0 spiro atoms. The van der Waals surface area contributed by atoms with Gasteiger partial charge in [0.15, 0.2) is 11.5 Å². The van der Waals surface area contributed by atoms with Crippen molar-refractivity contribution in [3.63, 3.8) is 0 Å². The van der Waals surface area contributed by atoms with Crippen LogP contribution in [-0.4, -0.2) is 19.2 Å². The Hall–Kier alpha value is -3.10. The molecule has 5 nitrogen and oxygen atoms in total. The highest BCUT2D eigenvalue weighted by Gasteiger charge is 2.13. The molecule has 0 fully saturated rings. The molecule has 0 radical (unpaired) electrons. The second-order valence-electron chi connectivity index (χ2n) is 7.17. The van der Waals surface area contributed by atoms with Crippen molar-refractivity contribution in [3.05, 3.63) is 104 Å². The van der Waals surface area contributed by atoms with Crippen molar-refractivity contribution >= 4 is 57.1 Å². The Bertz CT molecular complexity index is 1340. The molecule has 4 aromatic carbocycles. The lowest BCUT2D eigenvalue weighted by molar-refractivity contribution is 0.0955. The van der Waals surface area contributed by atoms with Gasteiger partial charge >= 0.3 is 0 Å². The molecule has 1 amide bonds. The number of carbonyl (C=O) groups is 1. The van der Waals surface area contributed by atoms with Gasteiger partial charge in [0.1, 0.15) is 6.61 Å². The van der Waals surface area contributed by atoms with Crippen molar-refractivity contribution in [1.82, 2.24) is 5.43 Å². The van der Waals surface area contributed by atoms with Gasteiger partial charge in [0.2, 0.25) is 0 Å². The molecule has 0 aliphatic carbocycles. The number of fused-ring (bicyclic) bond motifs is 1. The number of methoxy groups -OCH3 is 1. The van der Waals surface area contributed by atoms with E-state index in [0.29, 0.717) is 34.3 Å². The number of halogens is 2. The number of hydrogen-bond acceptors (Lipinski definition) is 4. The number of amides is 1. The van der Waals surface area contributed by atoms with E-state index in [9.17, 15) is 4.79 Å². The van der Waals surface area contributed by atoms with E-state index in [1.807, 2.05) is 36.4 Å². The van der Waals surface area contributed by atoms with Crippen LogP contribution in [0.4, 0.5) is 0 Å². The maximum atomic E-state index is 12.2. The average molecular weight is 571 g/mol. The second kappa shape index (κ2) is 10.7. The van der Waals surface area contributed by atoms with Crippen molar-refractivity contribution in [2.45, 2.75) is 6.61 Å². The first-order chi connectivity index (χ1) is 16.0. The molecule has 0 bridgehead atoms. The second-order valence-corrected chi connectivity index (χ2v) is 8.82. The maximum absolute atomic E-state index is 12.2. The summed E-state index contributed by atoms with van der Waals surface area (Å²) in [4.78, 5) is 12.2. The summed E-state index contributed by atoms with van der Waals surface area (Å²) in [5, 5.41) is 6.70. The number of hydrazone groups is 1. The summed E-state index contributed by atoms with van der Waals surface area (Å²) in [5.74, 6) is 0.637. The third-order valence-corrected chi connectivity index (χ3v) is 5.92. The third-order valence-electron chi connectivity index (χ3n) is 4.97. The zero-order valence-electron chi connectivity index (χ0n) is 17.7. The van der Waals surface area contributed by atoms with Crippen LogP contribution in [0.3, 0.4) is 0 Å². The fourth-order valence-corrected chi connectivity index (χ4v) is 4.20. The summed E-state index contributed by atoms with van der Waals surface area (Å²) >= 11 is 8.65. The van der Waals surface area contributed by atoms with E-state index in [0.717, 1.165) is 19.9 Å². The molecule has 0 aromatic heterocycles. The number of carbonyl (C=O) groups excluding carboxylic acids is 1. The van der Waals surface area contributed by atoms with Gasteiger partial charge in [0.05, 0.1) is 18.3 Å². The summed E-state index contributed by atoms with van der Waals surface area (Å²) in [5.41, 5.74) is 4.77. The van der Waals surface area contributed by atoms with Gasteiger partial charge in [0, 0.05) is 9.13 Å². The van der Waals surface area contributed by atoms with Crippen LogP contribution in [0.1, 0.15) is 21.5 Å². The average Bonchev–Trinajstić information content (AvgIpc) is 2.83. The molecule has 0 aliphatic rings. The summed E-state index contributed by atoms with van der Waals surface area (Å²) in [6, 6.07) is 25.0. The molecule has 4 aromatic rings. The number of ether oxygens (including phenoxy) is 2. The number of nitrogens with zero attached hydrogens (tertiary/aromatic N) is 1. The number of rotatable bonds is 7.